The number of hydrogen-bond acceptors (Lipinski definition) is 4. The number of nitrogens with two attached hydrogens (primary N) is 1. The minimum Gasteiger partial charge on any atom is -0.364 e. The fourth-order valence-electron chi connectivity index (χ4n) is 2.00. The first-order chi connectivity index (χ1) is 9.33. The van der Waals surface area contributed by atoms with E-state index in [2.05, 4.69) is 41.2 Å². The molecule has 19 heavy (non-hydrogen) atoms. The van der Waals surface area contributed by atoms with Gasteiger partial charge in [0.2, 0.25) is 0 Å². The van der Waals surface area contributed by atoms with Crippen LogP contribution in [0.3, 0.4) is 0 Å². The Morgan fingerprint density at radius 2 is 2.05 bits per heavy atom. The highest BCUT2D eigenvalue weighted by molar-refractivity contribution is 5.46. The van der Waals surface area contributed by atoms with Crippen LogP contribution in [0.25, 0.3) is 0 Å². The maximum atomic E-state index is 5.55. The predicted molar refractivity (Wildman–Crippen MR) is 76.8 cm³/mol. The minimum absolute atomic E-state index is 0.420. The Labute approximate surface area is 114 Å². The maximum absolute atomic E-state index is 5.55. The summed E-state index contributed by atoms with van der Waals surface area (Å²) in [6, 6.07) is 12.3. The molecule has 0 aliphatic heterocycles. The first kappa shape index (κ1) is 13.6. The van der Waals surface area contributed by atoms with Gasteiger partial charge in [0.05, 0.1) is 12.2 Å². The van der Waals surface area contributed by atoms with Crippen molar-refractivity contribution >= 4 is 5.69 Å². The average molecular weight is 259 g/mol. The third-order valence-corrected chi connectivity index (χ3v) is 3.07. The van der Waals surface area contributed by atoms with E-state index in [0.29, 0.717) is 6.54 Å². The first-order valence-corrected chi connectivity index (χ1v) is 6.78. The molecule has 0 saturated heterocycles. The summed E-state index contributed by atoms with van der Waals surface area (Å²) in [5.41, 5.74) is 7.56. The summed E-state index contributed by atoms with van der Waals surface area (Å²) in [7, 11) is 0. The molecule has 0 unspecified atom stereocenters. The van der Waals surface area contributed by atoms with Crippen LogP contribution >= 0.6 is 0 Å². The molecule has 4 heteroatoms. The first-order valence-electron chi connectivity index (χ1n) is 6.78. The van der Waals surface area contributed by atoms with Crippen molar-refractivity contribution in [3.8, 4) is 0 Å². The van der Waals surface area contributed by atoms with E-state index in [1.54, 1.807) is 0 Å². The molecule has 1 aromatic heterocycles. The van der Waals surface area contributed by atoms with Crippen LogP contribution < -0.4 is 10.6 Å². The van der Waals surface area contributed by atoms with Crippen molar-refractivity contribution in [2.75, 3.05) is 11.4 Å². The highest BCUT2D eigenvalue weighted by atomic mass is 16.5. The van der Waals surface area contributed by atoms with E-state index in [0.717, 1.165) is 31.0 Å². The lowest BCUT2D eigenvalue weighted by Crippen LogP contribution is -2.23. The van der Waals surface area contributed by atoms with Crippen LogP contribution in [-0.2, 0) is 13.1 Å². The van der Waals surface area contributed by atoms with Crippen molar-refractivity contribution in [1.29, 1.82) is 0 Å². The van der Waals surface area contributed by atoms with Gasteiger partial charge in [-0.1, -0.05) is 36.7 Å². The Balaban J connectivity index is 2.09. The van der Waals surface area contributed by atoms with Gasteiger partial charge < -0.3 is 15.2 Å². The quantitative estimate of drug-likeness (QED) is 0.830. The number of rotatable bonds is 7. The molecule has 2 N–H and O–H groups in total. The molecule has 0 bridgehead atoms. The zero-order chi connectivity index (χ0) is 13.5. The third kappa shape index (κ3) is 3.83. The molecule has 1 heterocycles. The van der Waals surface area contributed by atoms with E-state index < -0.39 is 0 Å². The Morgan fingerprint density at radius 1 is 1.26 bits per heavy atom. The molecule has 0 spiro atoms. The molecule has 0 aliphatic carbocycles. The number of aromatic nitrogens is 1. The van der Waals surface area contributed by atoms with Crippen LogP contribution in [0.2, 0.25) is 0 Å². The van der Waals surface area contributed by atoms with Crippen molar-refractivity contribution in [3.63, 3.8) is 0 Å². The van der Waals surface area contributed by atoms with Crippen LogP contribution in [0, 0.1) is 0 Å². The molecule has 4 nitrogen and oxygen atoms in total. The summed E-state index contributed by atoms with van der Waals surface area (Å²) in [6.45, 7) is 4.37. The molecule has 1 aromatic carbocycles. The van der Waals surface area contributed by atoms with Crippen LogP contribution in [0.5, 0.6) is 0 Å². The van der Waals surface area contributed by atoms with Gasteiger partial charge >= 0.3 is 0 Å². The summed E-state index contributed by atoms with van der Waals surface area (Å²) in [4.78, 5) is 2.31. The summed E-state index contributed by atoms with van der Waals surface area (Å²) in [5.74, 6) is 0.861. The number of para-hydroxylation sites is 1. The van der Waals surface area contributed by atoms with Crippen LogP contribution in [0.15, 0.2) is 40.9 Å². The van der Waals surface area contributed by atoms with E-state index in [9.17, 15) is 0 Å². The van der Waals surface area contributed by atoms with Gasteiger partial charge in [-0.15, -0.1) is 0 Å². The zero-order valence-electron chi connectivity index (χ0n) is 11.4. The van der Waals surface area contributed by atoms with Gasteiger partial charge in [-0.05, 0) is 18.6 Å². The van der Waals surface area contributed by atoms with E-state index in [4.69, 9.17) is 10.3 Å². The van der Waals surface area contributed by atoms with Crippen LogP contribution in [0.4, 0.5) is 5.69 Å². The molecule has 2 rings (SSSR count). The largest absolute Gasteiger partial charge is 0.364 e. The number of hydrogen-bond donors (Lipinski definition) is 1. The zero-order valence-corrected chi connectivity index (χ0v) is 11.4. The van der Waals surface area contributed by atoms with Crippen molar-refractivity contribution in [1.82, 2.24) is 5.16 Å². The van der Waals surface area contributed by atoms with Gasteiger partial charge in [0, 0.05) is 24.8 Å². The Bertz CT molecular complexity index is 481. The second kappa shape index (κ2) is 6.95. The van der Waals surface area contributed by atoms with E-state index in [1.807, 2.05) is 12.1 Å². The number of nitrogens with zero attached hydrogens (tertiary/aromatic N) is 2. The third-order valence-electron chi connectivity index (χ3n) is 3.07. The fraction of sp³-hybridized carbons (Fsp3) is 0.400. The van der Waals surface area contributed by atoms with Crippen molar-refractivity contribution in [2.24, 2.45) is 5.73 Å². The molecular weight excluding hydrogens is 238 g/mol. The van der Waals surface area contributed by atoms with E-state index >= 15 is 0 Å². The maximum Gasteiger partial charge on any atom is 0.156 e. The summed E-state index contributed by atoms with van der Waals surface area (Å²) < 4.78 is 5.32. The molecule has 0 saturated carbocycles. The molecule has 0 radical (unpaired) electrons. The van der Waals surface area contributed by atoms with Gasteiger partial charge in [0.25, 0.3) is 0 Å². The molecule has 0 aliphatic rings. The average Bonchev–Trinajstić information content (AvgIpc) is 2.92. The molecular formula is C15H21N3O. The normalized spacial score (nSPS) is 10.6. The van der Waals surface area contributed by atoms with Crippen molar-refractivity contribution < 1.29 is 4.52 Å². The van der Waals surface area contributed by atoms with Crippen LogP contribution in [-0.4, -0.2) is 11.7 Å². The molecule has 0 atom stereocenters. The molecule has 0 amide bonds. The highest BCUT2D eigenvalue weighted by Gasteiger charge is 2.10. The lowest BCUT2D eigenvalue weighted by atomic mass is 10.2. The summed E-state index contributed by atoms with van der Waals surface area (Å²) in [5, 5.41) is 3.94. The molecule has 2 aromatic rings. The second-order valence-electron chi connectivity index (χ2n) is 4.60. The van der Waals surface area contributed by atoms with Crippen molar-refractivity contribution in [3.05, 3.63) is 47.9 Å². The number of unbranched alkanes of at least 4 members (excludes halogenated alkanes) is 1. The fourth-order valence-corrected chi connectivity index (χ4v) is 2.00. The summed E-state index contributed by atoms with van der Waals surface area (Å²) >= 11 is 0. The number of anilines is 1. The van der Waals surface area contributed by atoms with Gasteiger partial charge in [0.1, 0.15) is 0 Å². The second-order valence-corrected chi connectivity index (χ2v) is 4.60. The standard InChI is InChI=1S/C15H21N3O/c1-2-3-9-18(14-7-5-4-6-8-14)12-15-10-13(11-16)17-19-15/h4-8,10H,2-3,9,11-12,16H2,1H3. The molecule has 0 fully saturated rings. The molecule has 102 valence electrons. The topological polar surface area (TPSA) is 55.3 Å². The Hall–Kier alpha value is -1.81. The Kier molecular flexibility index (Phi) is 4.98. The van der Waals surface area contributed by atoms with E-state index in [1.165, 1.54) is 12.1 Å². The summed E-state index contributed by atoms with van der Waals surface area (Å²) in [6.07, 6.45) is 2.33. The lowest BCUT2D eigenvalue weighted by molar-refractivity contribution is 0.375. The van der Waals surface area contributed by atoms with Gasteiger partial charge in [-0.2, -0.15) is 0 Å². The van der Waals surface area contributed by atoms with E-state index in [-0.39, 0.29) is 0 Å². The monoisotopic (exact) mass is 259 g/mol. The Morgan fingerprint density at radius 3 is 2.68 bits per heavy atom. The predicted octanol–water partition coefficient (Wildman–Crippen LogP) is 2.94. The van der Waals surface area contributed by atoms with Crippen molar-refractivity contribution in [2.45, 2.75) is 32.9 Å². The highest BCUT2D eigenvalue weighted by Crippen LogP contribution is 2.18. The minimum atomic E-state index is 0.420. The van der Waals surface area contributed by atoms with Gasteiger partial charge in [0.15, 0.2) is 5.76 Å². The number of benzene rings is 1. The van der Waals surface area contributed by atoms with Gasteiger partial charge in [-0.25, -0.2) is 0 Å². The smallest absolute Gasteiger partial charge is 0.156 e. The lowest BCUT2D eigenvalue weighted by Gasteiger charge is -2.23. The van der Waals surface area contributed by atoms with Gasteiger partial charge in [-0.3, -0.25) is 0 Å². The SMILES string of the molecule is CCCCN(Cc1cc(CN)no1)c1ccccc1. The van der Waals surface area contributed by atoms with Crippen LogP contribution in [0.1, 0.15) is 31.2 Å².